The zero-order chi connectivity index (χ0) is 16.4. The van der Waals surface area contributed by atoms with Gasteiger partial charge in [0.15, 0.2) is 0 Å². The van der Waals surface area contributed by atoms with Crippen LogP contribution in [0.15, 0.2) is 30.5 Å². The maximum Gasteiger partial charge on any atom is 0.257 e. The van der Waals surface area contributed by atoms with Crippen molar-refractivity contribution in [1.29, 1.82) is 0 Å². The molecule has 1 amide bonds. The summed E-state index contributed by atoms with van der Waals surface area (Å²) in [7, 11) is 1.84. The van der Waals surface area contributed by atoms with Gasteiger partial charge in [-0.05, 0) is 24.6 Å². The van der Waals surface area contributed by atoms with Crippen LogP contribution in [0.5, 0.6) is 0 Å². The van der Waals surface area contributed by atoms with Crippen molar-refractivity contribution in [2.45, 2.75) is 13.5 Å². The van der Waals surface area contributed by atoms with E-state index in [4.69, 9.17) is 11.6 Å². The van der Waals surface area contributed by atoms with Gasteiger partial charge in [-0.15, -0.1) is 0 Å². The lowest BCUT2D eigenvalue weighted by Gasteiger charge is -2.34. The molecule has 1 aliphatic heterocycles. The molecule has 1 saturated heterocycles. The molecule has 0 saturated carbocycles. The third-order valence-corrected chi connectivity index (χ3v) is 4.43. The fraction of sp³-hybridized carbons (Fsp3) is 0.412. The molecule has 122 valence electrons. The van der Waals surface area contributed by atoms with Crippen LogP contribution in [0.2, 0.25) is 5.02 Å². The van der Waals surface area contributed by atoms with E-state index in [1.54, 1.807) is 10.9 Å². The highest BCUT2D eigenvalue weighted by atomic mass is 35.5. The Bertz CT molecular complexity index is 704. The zero-order valence-corrected chi connectivity index (χ0v) is 14.3. The van der Waals surface area contributed by atoms with Crippen LogP contribution >= 0.6 is 11.6 Å². The van der Waals surface area contributed by atoms with Crippen LogP contribution < -0.4 is 0 Å². The lowest BCUT2D eigenvalue weighted by atomic mass is 10.2. The second-order valence-corrected chi connectivity index (χ2v) is 6.44. The first-order valence-corrected chi connectivity index (χ1v) is 8.17. The van der Waals surface area contributed by atoms with Crippen molar-refractivity contribution >= 4 is 17.5 Å². The van der Waals surface area contributed by atoms with Crippen LogP contribution in [0.1, 0.15) is 21.6 Å². The Hall–Kier alpha value is -1.85. The number of carbonyl (C=O) groups excluding carboxylic acids is 1. The van der Waals surface area contributed by atoms with Crippen LogP contribution in [0, 0.1) is 6.92 Å². The summed E-state index contributed by atoms with van der Waals surface area (Å²) < 4.78 is 1.69. The second kappa shape index (κ2) is 6.72. The van der Waals surface area contributed by atoms with Crippen LogP contribution in [0.4, 0.5) is 0 Å². The van der Waals surface area contributed by atoms with E-state index >= 15 is 0 Å². The zero-order valence-electron chi connectivity index (χ0n) is 13.5. The minimum absolute atomic E-state index is 0.0815. The highest BCUT2D eigenvalue weighted by Crippen LogP contribution is 2.15. The number of piperazine rings is 1. The molecule has 0 bridgehead atoms. The number of rotatable bonds is 3. The molecule has 0 unspecified atom stereocenters. The highest BCUT2D eigenvalue weighted by Gasteiger charge is 2.24. The van der Waals surface area contributed by atoms with Crippen LogP contribution in [-0.4, -0.2) is 51.7 Å². The Balaban J connectivity index is 1.58. The summed E-state index contributed by atoms with van der Waals surface area (Å²) in [5.74, 6) is 0.0815. The number of amides is 1. The molecule has 6 heteroatoms. The molecular formula is C17H21ClN4O. The van der Waals surface area contributed by atoms with E-state index in [1.165, 1.54) is 5.56 Å². The fourth-order valence-electron chi connectivity index (χ4n) is 2.98. The molecule has 1 aliphatic rings. The molecule has 1 aromatic heterocycles. The smallest absolute Gasteiger partial charge is 0.257 e. The highest BCUT2D eigenvalue weighted by molar-refractivity contribution is 6.30. The first kappa shape index (κ1) is 16.0. The SMILES string of the molecule is Cc1nn(C)cc1C(=O)N1CCN(Cc2cccc(Cl)c2)CC1. The number of carbonyl (C=O) groups is 1. The first-order chi connectivity index (χ1) is 11.0. The van der Waals surface area contributed by atoms with Gasteiger partial charge in [0, 0.05) is 51.0 Å². The van der Waals surface area contributed by atoms with Crippen molar-refractivity contribution in [2.75, 3.05) is 26.2 Å². The minimum Gasteiger partial charge on any atom is -0.336 e. The van der Waals surface area contributed by atoms with Gasteiger partial charge in [0.25, 0.3) is 5.91 Å². The number of nitrogens with zero attached hydrogens (tertiary/aromatic N) is 4. The quantitative estimate of drug-likeness (QED) is 0.866. The maximum absolute atomic E-state index is 12.6. The predicted octanol–water partition coefficient (Wildman–Crippen LogP) is 2.34. The van der Waals surface area contributed by atoms with Crippen molar-refractivity contribution in [3.8, 4) is 0 Å². The Morgan fingerprint density at radius 1 is 1.26 bits per heavy atom. The average Bonchev–Trinajstić information content (AvgIpc) is 2.86. The molecule has 23 heavy (non-hydrogen) atoms. The predicted molar refractivity (Wildman–Crippen MR) is 90.6 cm³/mol. The van der Waals surface area contributed by atoms with Gasteiger partial charge in [0.05, 0.1) is 11.3 Å². The molecule has 0 N–H and O–H groups in total. The van der Waals surface area contributed by atoms with E-state index in [2.05, 4.69) is 16.1 Å². The Kier molecular flexibility index (Phi) is 4.68. The van der Waals surface area contributed by atoms with E-state index < -0.39 is 0 Å². The molecule has 3 rings (SSSR count). The maximum atomic E-state index is 12.6. The normalized spacial score (nSPS) is 15.9. The van der Waals surface area contributed by atoms with Gasteiger partial charge in [0.2, 0.25) is 0 Å². The van der Waals surface area contributed by atoms with E-state index in [0.717, 1.165) is 43.4 Å². The number of hydrogen-bond donors (Lipinski definition) is 0. The summed E-state index contributed by atoms with van der Waals surface area (Å²) in [4.78, 5) is 16.8. The van der Waals surface area contributed by atoms with Gasteiger partial charge in [0.1, 0.15) is 0 Å². The number of hydrogen-bond acceptors (Lipinski definition) is 3. The molecule has 5 nitrogen and oxygen atoms in total. The average molecular weight is 333 g/mol. The lowest BCUT2D eigenvalue weighted by Crippen LogP contribution is -2.48. The second-order valence-electron chi connectivity index (χ2n) is 6.00. The van der Waals surface area contributed by atoms with Gasteiger partial charge in [-0.3, -0.25) is 14.4 Å². The number of aryl methyl sites for hydroxylation is 2. The molecule has 0 aliphatic carbocycles. The monoisotopic (exact) mass is 332 g/mol. The lowest BCUT2D eigenvalue weighted by molar-refractivity contribution is 0.0627. The van der Waals surface area contributed by atoms with Gasteiger partial charge in [-0.1, -0.05) is 23.7 Å². The van der Waals surface area contributed by atoms with Crippen molar-refractivity contribution in [3.63, 3.8) is 0 Å². The van der Waals surface area contributed by atoms with Crippen LogP contribution in [-0.2, 0) is 13.6 Å². The van der Waals surface area contributed by atoms with E-state index in [-0.39, 0.29) is 5.91 Å². The largest absolute Gasteiger partial charge is 0.336 e. The number of benzene rings is 1. The van der Waals surface area contributed by atoms with Crippen LogP contribution in [0.25, 0.3) is 0 Å². The minimum atomic E-state index is 0.0815. The number of halogens is 1. The Labute approximate surface area is 141 Å². The van der Waals surface area contributed by atoms with Crippen LogP contribution in [0.3, 0.4) is 0 Å². The molecule has 2 aromatic rings. The molecule has 0 atom stereocenters. The summed E-state index contributed by atoms with van der Waals surface area (Å²) in [5.41, 5.74) is 2.70. The van der Waals surface area contributed by atoms with Gasteiger partial charge in [-0.2, -0.15) is 5.10 Å². The third-order valence-electron chi connectivity index (χ3n) is 4.20. The topological polar surface area (TPSA) is 41.4 Å². The third kappa shape index (κ3) is 3.74. The standard InChI is InChI=1S/C17H21ClN4O/c1-13-16(12-20(2)19-13)17(23)22-8-6-21(7-9-22)11-14-4-3-5-15(18)10-14/h3-5,10,12H,6-9,11H2,1-2H3. The molecule has 1 fully saturated rings. The summed E-state index contributed by atoms with van der Waals surface area (Å²) in [6, 6.07) is 7.95. The fourth-order valence-corrected chi connectivity index (χ4v) is 3.20. The van der Waals surface area contributed by atoms with Gasteiger partial charge in [-0.25, -0.2) is 0 Å². The van der Waals surface area contributed by atoms with Gasteiger partial charge >= 0.3 is 0 Å². The number of aromatic nitrogens is 2. The van der Waals surface area contributed by atoms with E-state index in [0.29, 0.717) is 5.56 Å². The van der Waals surface area contributed by atoms with Crippen molar-refractivity contribution in [2.24, 2.45) is 7.05 Å². The van der Waals surface area contributed by atoms with E-state index in [1.807, 2.05) is 37.1 Å². The molecule has 1 aromatic carbocycles. The van der Waals surface area contributed by atoms with Crippen molar-refractivity contribution in [1.82, 2.24) is 19.6 Å². The summed E-state index contributed by atoms with van der Waals surface area (Å²) in [6.07, 6.45) is 1.80. The Morgan fingerprint density at radius 3 is 2.61 bits per heavy atom. The first-order valence-electron chi connectivity index (χ1n) is 7.79. The molecule has 0 spiro atoms. The Morgan fingerprint density at radius 2 is 2.00 bits per heavy atom. The van der Waals surface area contributed by atoms with Crippen molar-refractivity contribution in [3.05, 3.63) is 52.3 Å². The van der Waals surface area contributed by atoms with Gasteiger partial charge < -0.3 is 4.90 Å². The molecule has 2 heterocycles. The summed E-state index contributed by atoms with van der Waals surface area (Å²) >= 11 is 6.03. The van der Waals surface area contributed by atoms with Crippen molar-refractivity contribution < 1.29 is 4.79 Å². The summed E-state index contributed by atoms with van der Waals surface area (Å²) in [6.45, 7) is 5.98. The molecule has 0 radical (unpaired) electrons. The molecular weight excluding hydrogens is 312 g/mol. The summed E-state index contributed by atoms with van der Waals surface area (Å²) in [5, 5.41) is 5.02. The van der Waals surface area contributed by atoms with E-state index in [9.17, 15) is 4.79 Å².